The van der Waals surface area contributed by atoms with Gasteiger partial charge in [-0.3, -0.25) is 0 Å². The molecule has 3 rings (SSSR count). The number of hydrogen-bond donors (Lipinski definition) is 0. The zero-order valence-electron chi connectivity index (χ0n) is 11.8. The van der Waals surface area contributed by atoms with Crippen LogP contribution in [0, 0.1) is 0 Å². The molecule has 0 saturated carbocycles. The van der Waals surface area contributed by atoms with E-state index >= 15 is 0 Å². The second-order valence-corrected chi connectivity index (χ2v) is 5.80. The van der Waals surface area contributed by atoms with Gasteiger partial charge in [0.1, 0.15) is 5.69 Å². The van der Waals surface area contributed by atoms with Gasteiger partial charge in [-0.1, -0.05) is 41.4 Å². The molecule has 4 heteroatoms. The summed E-state index contributed by atoms with van der Waals surface area (Å²) in [7, 11) is 4.06. The van der Waals surface area contributed by atoms with Crippen LogP contribution in [0.4, 0.5) is 0 Å². The van der Waals surface area contributed by atoms with E-state index in [0.29, 0.717) is 10.0 Å². The summed E-state index contributed by atoms with van der Waals surface area (Å²) in [5, 5.41) is 1.30. The van der Waals surface area contributed by atoms with Crippen LogP contribution in [0.3, 0.4) is 0 Å². The maximum atomic E-state index is 6.34. The van der Waals surface area contributed by atoms with Crippen molar-refractivity contribution in [3.63, 3.8) is 0 Å². The van der Waals surface area contributed by atoms with Gasteiger partial charge in [0.05, 0.1) is 12.1 Å². The van der Waals surface area contributed by atoms with Crippen LogP contribution in [-0.4, -0.2) is 4.68 Å². The summed E-state index contributed by atoms with van der Waals surface area (Å²) in [4.78, 5) is 0. The highest BCUT2D eigenvalue weighted by Gasteiger charge is 2.20. The van der Waals surface area contributed by atoms with E-state index in [-0.39, 0.29) is 0 Å². The second-order valence-electron chi connectivity index (χ2n) is 4.95. The highest BCUT2D eigenvalue weighted by Crippen LogP contribution is 2.31. The zero-order valence-corrected chi connectivity index (χ0v) is 13.4. The van der Waals surface area contributed by atoms with Crippen molar-refractivity contribution in [2.45, 2.75) is 0 Å². The highest BCUT2D eigenvalue weighted by molar-refractivity contribution is 6.36. The standard InChI is InChI=1S/C17H15Cl2N2/c1-20-16(12-6-4-3-5-7-12)11-17(21(20)2)14-9-8-13(18)10-15(14)19/h3-11H,1-2H3/q+1. The van der Waals surface area contributed by atoms with E-state index in [0.717, 1.165) is 17.0 Å². The Kier molecular flexibility index (Phi) is 3.75. The largest absolute Gasteiger partial charge is 0.238 e. The molecule has 106 valence electrons. The normalized spacial score (nSPS) is 10.9. The summed E-state index contributed by atoms with van der Waals surface area (Å²) in [5.74, 6) is 0. The van der Waals surface area contributed by atoms with Crippen LogP contribution in [0.5, 0.6) is 0 Å². The monoisotopic (exact) mass is 317 g/mol. The third-order valence-corrected chi connectivity index (χ3v) is 4.25. The van der Waals surface area contributed by atoms with Crippen molar-refractivity contribution in [1.82, 2.24) is 4.68 Å². The van der Waals surface area contributed by atoms with Crippen LogP contribution < -0.4 is 4.68 Å². The lowest BCUT2D eigenvalue weighted by molar-refractivity contribution is -0.740. The van der Waals surface area contributed by atoms with Crippen molar-refractivity contribution >= 4 is 23.2 Å². The minimum absolute atomic E-state index is 0.644. The molecule has 0 aliphatic heterocycles. The molecule has 0 spiro atoms. The Morgan fingerprint density at radius 3 is 2.33 bits per heavy atom. The maximum absolute atomic E-state index is 6.34. The first-order chi connectivity index (χ1) is 10.1. The minimum atomic E-state index is 0.644. The van der Waals surface area contributed by atoms with Crippen molar-refractivity contribution in [3.05, 3.63) is 64.6 Å². The fourth-order valence-electron chi connectivity index (χ4n) is 2.47. The van der Waals surface area contributed by atoms with Crippen LogP contribution in [0.1, 0.15) is 0 Å². The summed E-state index contributed by atoms with van der Waals surface area (Å²) >= 11 is 12.3. The van der Waals surface area contributed by atoms with Gasteiger partial charge in [-0.05, 0) is 30.3 Å². The molecule has 0 saturated heterocycles. The fraction of sp³-hybridized carbons (Fsp3) is 0.118. The minimum Gasteiger partial charge on any atom is -0.156 e. The van der Waals surface area contributed by atoms with E-state index < -0.39 is 0 Å². The Bertz CT molecular complexity index is 792. The predicted molar refractivity (Wildman–Crippen MR) is 87.5 cm³/mol. The van der Waals surface area contributed by atoms with Gasteiger partial charge in [-0.2, -0.15) is 4.68 Å². The summed E-state index contributed by atoms with van der Waals surface area (Å²) < 4.78 is 4.19. The molecule has 1 heterocycles. The molecule has 1 aromatic heterocycles. The van der Waals surface area contributed by atoms with Crippen molar-refractivity contribution in [2.75, 3.05) is 0 Å². The number of nitrogens with zero attached hydrogens (tertiary/aromatic N) is 2. The predicted octanol–water partition coefficient (Wildman–Crippen LogP) is 4.49. The second kappa shape index (κ2) is 5.55. The number of halogens is 2. The molecule has 0 N–H and O–H groups in total. The lowest BCUT2D eigenvalue weighted by Crippen LogP contribution is -2.39. The Hall–Kier alpha value is -1.77. The van der Waals surface area contributed by atoms with Crippen LogP contribution in [0.2, 0.25) is 10.0 Å². The zero-order chi connectivity index (χ0) is 15.0. The van der Waals surface area contributed by atoms with Crippen molar-refractivity contribution in [3.8, 4) is 22.5 Å². The molecule has 3 aromatic rings. The van der Waals surface area contributed by atoms with Gasteiger partial charge in [0.15, 0.2) is 7.05 Å². The Morgan fingerprint density at radius 1 is 0.952 bits per heavy atom. The first-order valence-electron chi connectivity index (χ1n) is 6.65. The number of benzene rings is 2. The maximum Gasteiger partial charge on any atom is 0.238 e. The molecule has 2 aromatic carbocycles. The van der Waals surface area contributed by atoms with E-state index in [1.165, 1.54) is 5.56 Å². The molecule has 0 unspecified atom stereocenters. The molecule has 2 nitrogen and oxygen atoms in total. The van der Waals surface area contributed by atoms with Crippen molar-refractivity contribution in [1.29, 1.82) is 0 Å². The Morgan fingerprint density at radius 2 is 1.67 bits per heavy atom. The van der Waals surface area contributed by atoms with Gasteiger partial charge in [0.25, 0.3) is 0 Å². The highest BCUT2D eigenvalue weighted by atomic mass is 35.5. The first kappa shape index (κ1) is 14.2. The lowest BCUT2D eigenvalue weighted by atomic mass is 10.1. The third kappa shape index (κ3) is 2.57. The average Bonchev–Trinajstić information content (AvgIpc) is 2.77. The number of hydrogen-bond acceptors (Lipinski definition) is 0. The molecule has 0 aliphatic carbocycles. The van der Waals surface area contributed by atoms with Gasteiger partial charge in [-0.25, -0.2) is 0 Å². The van der Waals surface area contributed by atoms with Crippen molar-refractivity contribution < 1.29 is 4.68 Å². The molecule has 0 aliphatic rings. The molecule has 0 atom stereocenters. The van der Waals surface area contributed by atoms with Gasteiger partial charge in [-0.15, -0.1) is 4.68 Å². The molecule has 0 radical (unpaired) electrons. The summed E-state index contributed by atoms with van der Waals surface area (Å²) in [6.07, 6.45) is 0. The van der Waals surface area contributed by atoms with Gasteiger partial charge in [0, 0.05) is 22.2 Å². The van der Waals surface area contributed by atoms with E-state index in [9.17, 15) is 0 Å². The smallest absolute Gasteiger partial charge is 0.156 e. The van der Waals surface area contributed by atoms with Crippen LogP contribution in [-0.2, 0) is 14.1 Å². The van der Waals surface area contributed by atoms with Crippen LogP contribution in [0.25, 0.3) is 22.5 Å². The molecular weight excluding hydrogens is 303 g/mol. The summed E-state index contributed by atoms with van der Waals surface area (Å²) in [6.45, 7) is 0. The quantitative estimate of drug-likeness (QED) is 0.616. The SMILES string of the molecule is Cn1c(-c2ccc(Cl)cc2Cl)cc(-c2ccccc2)[n+]1C. The van der Waals surface area contributed by atoms with Gasteiger partial charge < -0.3 is 0 Å². The van der Waals surface area contributed by atoms with E-state index in [2.05, 4.69) is 27.6 Å². The third-order valence-electron chi connectivity index (χ3n) is 3.70. The van der Waals surface area contributed by atoms with Crippen LogP contribution >= 0.6 is 23.2 Å². The molecule has 0 fully saturated rings. The molecule has 0 amide bonds. The average molecular weight is 318 g/mol. The lowest BCUT2D eigenvalue weighted by Gasteiger charge is -2.03. The molecular formula is C17H15Cl2N2+. The van der Waals surface area contributed by atoms with Gasteiger partial charge in [0.2, 0.25) is 5.69 Å². The first-order valence-corrected chi connectivity index (χ1v) is 7.40. The van der Waals surface area contributed by atoms with E-state index in [1.807, 2.05) is 44.4 Å². The summed E-state index contributed by atoms with van der Waals surface area (Å²) in [6, 6.07) is 18.0. The molecule has 0 bridgehead atoms. The fourth-order valence-corrected chi connectivity index (χ4v) is 2.97. The van der Waals surface area contributed by atoms with Gasteiger partial charge >= 0.3 is 0 Å². The van der Waals surface area contributed by atoms with E-state index in [1.54, 1.807) is 6.07 Å². The van der Waals surface area contributed by atoms with Crippen molar-refractivity contribution in [2.24, 2.45) is 14.1 Å². The summed E-state index contributed by atoms with van der Waals surface area (Å²) in [5.41, 5.74) is 4.34. The number of rotatable bonds is 2. The topological polar surface area (TPSA) is 8.81 Å². The van der Waals surface area contributed by atoms with E-state index in [4.69, 9.17) is 23.2 Å². The Balaban J connectivity index is 2.17. The van der Waals surface area contributed by atoms with Crippen LogP contribution in [0.15, 0.2) is 54.6 Å². The molecule has 21 heavy (non-hydrogen) atoms. The Labute approximate surface area is 134 Å². The number of aromatic nitrogens is 2.